The fraction of sp³-hybridized carbons (Fsp3) is 0.211. The fourth-order valence-electron chi connectivity index (χ4n) is 2.23. The highest BCUT2D eigenvalue weighted by atomic mass is 16.6. The van der Waals surface area contributed by atoms with Crippen LogP contribution in [0.1, 0.15) is 25.0 Å². The summed E-state index contributed by atoms with van der Waals surface area (Å²) in [5, 5.41) is 22.0. The van der Waals surface area contributed by atoms with Gasteiger partial charge in [-0.05, 0) is 29.8 Å². The largest absolute Gasteiger partial charge is 0.493 e. The van der Waals surface area contributed by atoms with Gasteiger partial charge in [0.2, 0.25) is 0 Å². The Morgan fingerprint density at radius 3 is 2.29 bits per heavy atom. The third-order valence-corrected chi connectivity index (χ3v) is 3.75. The number of hydrogen-bond acceptors (Lipinski definition) is 7. The van der Waals surface area contributed by atoms with Crippen LogP contribution in [0.3, 0.4) is 0 Å². The SMILES string of the molecule is COc1cc(/C=C/c2ccc([N+](=O)[O-])cc2[N+](=O)[O-])ccc1OC(=O)C(C)C. The molecule has 0 N–H and O–H groups in total. The van der Waals surface area contributed by atoms with Crippen LogP contribution in [0.25, 0.3) is 12.2 Å². The molecule has 9 heteroatoms. The molecule has 0 atom stereocenters. The average molecular weight is 386 g/mol. The summed E-state index contributed by atoms with van der Waals surface area (Å²) >= 11 is 0. The fourth-order valence-corrected chi connectivity index (χ4v) is 2.23. The Labute approximate surface area is 160 Å². The molecule has 0 spiro atoms. The zero-order valence-electron chi connectivity index (χ0n) is 15.4. The summed E-state index contributed by atoms with van der Waals surface area (Å²) in [7, 11) is 1.43. The molecule has 0 aliphatic rings. The number of ether oxygens (including phenoxy) is 2. The van der Waals surface area contributed by atoms with E-state index in [0.29, 0.717) is 11.3 Å². The highest BCUT2D eigenvalue weighted by molar-refractivity contribution is 5.77. The molecule has 0 bridgehead atoms. The third kappa shape index (κ3) is 4.91. The smallest absolute Gasteiger partial charge is 0.313 e. The maximum absolute atomic E-state index is 11.7. The number of rotatable bonds is 7. The van der Waals surface area contributed by atoms with Crippen LogP contribution in [-0.2, 0) is 4.79 Å². The van der Waals surface area contributed by atoms with Gasteiger partial charge in [0.25, 0.3) is 11.4 Å². The Hall–Kier alpha value is -3.75. The van der Waals surface area contributed by atoms with Gasteiger partial charge in [-0.25, -0.2) is 0 Å². The first-order chi connectivity index (χ1) is 13.2. The van der Waals surface area contributed by atoms with Gasteiger partial charge in [0, 0.05) is 6.07 Å². The van der Waals surface area contributed by atoms with Crippen molar-refractivity contribution in [3.05, 3.63) is 67.8 Å². The van der Waals surface area contributed by atoms with E-state index in [1.807, 2.05) is 0 Å². The van der Waals surface area contributed by atoms with Gasteiger partial charge in [-0.3, -0.25) is 25.0 Å². The minimum Gasteiger partial charge on any atom is -0.493 e. The highest BCUT2D eigenvalue weighted by Crippen LogP contribution is 2.30. The van der Waals surface area contributed by atoms with Crippen molar-refractivity contribution in [2.45, 2.75) is 13.8 Å². The summed E-state index contributed by atoms with van der Waals surface area (Å²) in [6, 6.07) is 8.23. The van der Waals surface area contributed by atoms with E-state index in [1.54, 1.807) is 38.1 Å². The van der Waals surface area contributed by atoms with Crippen LogP contribution in [0, 0.1) is 26.1 Å². The van der Waals surface area contributed by atoms with E-state index in [0.717, 1.165) is 6.07 Å². The normalized spacial score (nSPS) is 10.9. The predicted molar refractivity (Wildman–Crippen MR) is 102 cm³/mol. The Bertz CT molecular complexity index is 951. The molecule has 0 unspecified atom stereocenters. The maximum atomic E-state index is 11.7. The molecule has 0 aliphatic heterocycles. The zero-order valence-corrected chi connectivity index (χ0v) is 15.4. The van der Waals surface area contributed by atoms with Crippen molar-refractivity contribution in [2.75, 3.05) is 7.11 Å². The molecule has 0 amide bonds. The minimum absolute atomic E-state index is 0.213. The van der Waals surface area contributed by atoms with Crippen molar-refractivity contribution in [1.29, 1.82) is 0 Å². The minimum atomic E-state index is -0.692. The highest BCUT2D eigenvalue weighted by Gasteiger charge is 2.18. The van der Waals surface area contributed by atoms with Crippen molar-refractivity contribution in [1.82, 2.24) is 0 Å². The number of hydrogen-bond donors (Lipinski definition) is 0. The summed E-state index contributed by atoms with van der Waals surface area (Å²) < 4.78 is 10.5. The van der Waals surface area contributed by atoms with E-state index in [-0.39, 0.29) is 28.6 Å². The standard InChI is InChI=1S/C19H18N2O7/c1-12(2)19(22)28-17-9-5-13(10-18(17)27-3)4-6-14-7-8-15(20(23)24)11-16(14)21(25)26/h4-12H,1-3H3/b6-4+. The Morgan fingerprint density at radius 1 is 1.00 bits per heavy atom. The van der Waals surface area contributed by atoms with Crippen LogP contribution in [-0.4, -0.2) is 22.9 Å². The number of methoxy groups -OCH3 is 1. The molecule has 146 valence electrons. The van der Waals surface area contributed by atoms with Gasteiger partial charge in [-0.2, -0.15) is 0 Å². The summed E-state index contributed by atoms with van der Waals surface area (Å²) in [6.45, 7) is 3.42. The van der Waals surface area contributed by atoms with Crippen LogP contribution in [0.5, 0.6) is 11.5 Å². The number of benzene rings is 2. The van der Waals surface area contributed by atoms with E-state index in [1.165, 1.54) is 25.3 Å². The molecular weight excluding hydrogens is 368 g/mol. The molecule has 0 radical (unpaired) electrons. The lowest BCUT2D eigenvalue weighted by Crippen LogP contribution is -2.15. The second-order valence-electron chi connectivity index (χ2n) is 6.08. The van der Waals surface area contributed by atoms with E-state index < -0.39 is 15.8 Å². The molecule has 28 heavy (non-hydrogen) atoms. The Kier molecular flexibility index (Phi) is 6.43. The molecule has 2 aromatic rings. The van der Waals surface area contributed by atoms with Crippen LogP contribution in [0.4, 0.5) is 11.4 Å². The van der Waals surface area contributed by atoms with Gasteiger partial charge < -0.3 is 9.47 Å². The first-order valence-corrected chi connectivity index (χ1v) is 8.23. The molecule has 0 saturated carbocycles. The van der Waals surface area contributed by atoms with Crippen molar-refractivity contribution in [2.24, 2.45) is 5.92 Å². The molecule has 9 nitrogen and oxygen atoms in total. The maximum Gasteiger partial charge on any atom is 0.313 e. The molecule has 0 aromatic heterocycles. The van der Waals surface area contributed by atoms with Crippen LogP contribution in [0.15, 0.2) is 36.4 Å². The number of carbonyl (C=O) groups is 1. The number of nitrogens with zero attached hydrogens (tertiary/aromatic N) is 2. The van der Waals surface area contributed by atoms with Gasteiger partial charge in [-0.1, -0.05) is 26.0 Å². The quantitative estimate of drug-likeness (QED) is 0.229. The number of nitro benzene ring substituents is 2. The lowest BCUT2D eigenvalue weighted by molar-refractivity contribution is -0.394. The van der Waals surface area contributed by atoms with E-state index in [9.17, 15) is 25.0 Å². The number of non-ortho nitro benzene ring substituents is 1. The monoisotopic (exact) mass is 386 g/mol. The van der Waals surface area contributed by atoms with Gasteiger partial charge in [0.15, 0.2) is 11.5 Å². The second kappa shape index (κ2) is 8.76. The Balaban J connectivity index is 2.33. The van der Waals surface area contributed by atoms with E-state index in [2.05, 4.69) is 0 Å². The van der Waals surface area contributed by atoms with Gasteiger partial charge in [0.1, 0.15) is 0 Å². The van der Waals surface area contributed by atoms with E-state index >= 15 is 0 Å². The van der Waals surface area contributed by atoms with Gasteiger partial charge in [0.05, 0.1) is 34.5 Å². The van der Waals surface area contributed by atoms with Crippen LogP contribution >= 0.6 is 0 Å². The lowest BCUT2D eigenvalue weighted by Gasteiger charge is -2.11. The van der Waals surface area contributed by atoms with E-state index in [4.69, 9.17) is 9.47 Å². The number of carbonyl (C=O) groups excluding carboxylic acids is 1. The summed E-state index contributed by atoms with van der Waals surface area (Å²) in [6.07, 6.45) is 3.06. The predicted octanol–water partition coefficient (Wildman–Crippen LogP) is 4.24. The van der Waals surface area contributed by atoms with Gasteiger partial charge in [-0.15, -0.1) is 0 Å². The molecular formula is C19H18N2O7. The molecule has 0 heterocycles. The topological polar surface area (TPSA) is 122 Å². The zero-order chi connectivity index (χ0) is 20.8. The van der Waals surface area contributed by atoms with Crippen molar-refractivity contribution in [3.8, 4) is 11.5 Å². The second-order valence-corrected chi connectivity index (χ2v) is 6.08. The lowest BCUT2D eigenvalue weighted by atomic mass is 10.1. The van der Waals surface area contributed by atoms with Crippen molar-refractivity contribution in [3.63, 3.8) is 0 Å². The number of nitro groups is 2. The summed E-state index contributed by atoms with van der Waals surface area (Å²) in [4.78, 5) is 32.4. The molecule has 0 saturated heterocycles. The van der Waals surface area contributed by atoms with Gasteiger partial charge >= 0.3 is 5.97 Å². The van der Waals surface area contributed by atoms with Crippen LogP contribution in [0.2, 0.25) is 0 Å². The average Bonchev–Trinajstić information content (AvgIpc) is 2.66. The first kappa shape index (κ1) is 20.6. The summed E-state index contributed by atoms with van der Waals surface area (Å²) in [5.74, 6) is -0.107. The molecule has 2 aromatic carbocycles. The molecule has 0 fully saturated rings. The van der Waals surface area contributed by atoms with Crippen LogP contribution < -0.4 is 9.47 Å². The number of esters is 1. The van der Waals surface area contributed by atoms with Crippen molar-refractivity contribution < 1.29 is 24.1 Å². The third-order valence-electron chi connectivity index (χ3n) is 3.75. The molecule has 0 aliphatic carbocycles. The molecule has 2 rings (SSSR count). The Morgan fingerprint density at radius 2 is 1.71 bits per heavy atom. The first-order valence-electron chi connectivity index (χ1n) is 8.23. The van der Waals surface area contributed by atoms with Crippen molar-refractivity contribution >= 4 is 29.5 Å². The summed E-state index contributed by atoms with van der Waals surface area (Å²) in [5.41, 5.74) is 0.112.